The second kappa shape index (κ2) is 3.49. The van der Waals surface area contributed by atoms with Crippen molar-refractivity contribution in [2.45, 2.75) is 45.0 Å². The van der Waals surface area contributed by atoms with E-state index in [1.165, 1.54) is 0 Å². The highest BCUT2D eigenvalue weighted by Gasteiger charge is 2.51. The zero-order chi connectivity index (χ0) is 11.1. The topological polar surface area (TPSA) is 54.4 Å². The summed E-state index contributed by atoms with van der Waals surface area (Å²) in [5, 5.41) is 9.74. The Hall–Kier alpha value is -0.0900. The average Bonchev–Trinajstić information content (AvgIpc) is 2.30. The summed E-state index contributed by atoms with van der Waals surface area (Å²) in [6, 6.07) is 0. The van der Waals surface area contributed by atoms with Crippen LogP contribution >= 0.6 is 0 Å². The molecule has 0 spiro atoms. The highest BCUT2D eigenvalue weighted by molar-refractivity contribution is 7.92. The minimum atomic E-state index is -3.06. The first-order valence-electron chi connectivity index (χ1n) is 5.15. The summed E-state index contributed by atoms with van der Waals surface area (Å²) in [5.74, 6) is 0.451. The van der Waals surface area contributed by atoms with Crippen LogP contribution in [0, 0.1) is 11.8 Å². The third-order valence-electron chi connectivity index (χ3n) is 3.82. The SMILES string of the molecule is CC(C)C(C)C1(O)CCS(=O)(=O)C1C. The van der Waals surface area contributed by atoms with E-state index < -0.39 is 20.7 Å². The number of sulfone groups is 1. The molecule has 0 aromatic rings. The van der Waals surface area contributed by atoms with Gasteiger partial charge >= 0.3 is 0 Å². The molecule has 1 fully saturated rings. The van der Waals surface area contributed by atoms with Gasteiger partial charge in [0.2, 0.25) is 0 Å². The van der Waals surface area contributed by atoms with Gasteiger partial charge in [0.15, 0.2) is 9.84 Å². The van der Waals surface area contributed by atoms with Crippen molar-refractivity contribution >= 4 is 9.84 Å². The van der Waals surface area contributed by atoms with Crippen molar-refractivity contribution < 1.29 is 13.5 Å². The number of aliphatic hydroxyl groups is 1. The highest BCUT2D eigenvalue weighted by atomic mass is 32.2. The van der Waals surface area contributed by atoms with Gasteiger partial charge in [0, 0.05) is 0 Å². The molecule has 0 saturated carbocycles. The molecule has 0 bridgehead atoms. The molecule has 0 aliphatic carbocycles. The summed E-state index contributed by atoms with van der Waals surface area (Å²) < 4.78 is 23.1. The number of hydrogen-bond acceptors (Lipinski definition) is 3. The summed E-state index contributed by atoms with van der Waals surface area (Å²) in [5.41, 5.74) is -1.02. The maximum atomic E-state index is 11.5. The zero-order valence-electron chi connectivity index (χ0n) is 9.32. The standard InChI is InChI=1S/C10H20O3S/c1-7(2)8(3)10(11)5-6-14(12,13)9(10)4/h7-9,11H,5-6H2,1-4H3. The van der Waals surface area contributed by atoms with Crippen LogP contribution in [-0.4, -0.2) is 30.1 Å². The van der Waals surface area contributed by atoms with E-state index >= 15 is 0 Å². The number of rotatable bonds is 2. The molecule has 1 aliphatic rings. The average molecular weight is 220 g/mol. The fourth-order valence-electron chi connectivity index (χ4n) is 2.17. The summed E-state index contributed by atoms with van der Waals surface area (Å²) in [7, 11) is -3.06. The fraction of sp³-hybridized carbons (Fsp3) is 1.00. The largest absolute Gasteiger partial charge is 0.388 e. The van der Waals surface area contributed by atoms with Crippen LogP contribution in [-0.2, 0) is 9.84 Å². The van der Waals surface area contributed by atoms with E-state index in [-0.39, 0.29) is 11.7 Å². The van der Waals surface area contributed by atoms with Gasteiger partial charge in [-0.15, -0.1) is 0 Å². The molecule has 0 radical (unpaired) electrons. The Balaban J connectivity index is 2.99. The maximum Gasteiger partial charge on any atom is 0.155 e. The van der Waals surface area contributed by atoms with Crippen LogP contribution in [0.15, 0.2) is 0 Å². The summed E-state index contributed by atoms with van der Waals surface area (Å²) in [6.07, 6.45) is 0.385. The molecule has 84 valence electrons. The molecule has 1 rings (SSSR count). The number of hydrogen-bond donors (Lipinski definition) is 1. The van der Waals surface area contributed by atoms with E-state index in [2.05, 4.69) is 0 Å². The summed E-state index contributed by atoms with van der Waals surface area (Å²) in [6.45, 7) is 7.59. The van der Waals surface area contributed by atoms with Gasteiger partial charge in [-0.25, -0.2) is 8.42 Å². The van der Waals surface area contributed by atoms with Crippen LogP contribution in [0.1, 0.15) is 34.1 Å². The van der Waals surface area contributed by atoms with Crippen molar-refractivity contribution in [3.63, 3.8) is 0 Å². The second-order valence-corrected chi connectivity index (χ2v) is 7.22. The summed E-state index contributed by atoms with van der Waals surface area (Å²) >= 11 is 0. The lowest BCUT2D eigenvalue weighted by molar-refractivity contribution is -0.0246. The van der Waals surface area contributed by atoms with Crippen molar-refractivity contribution in [3.05, 3.63) is 0 Å². The molecule has 3 atom stereocenters. The second-order valence-electron chi connectivity index (χ2n) is 4.78. The lowest BCUT2D eigenvalue weighted by atomic mass is 9.77. The third-order valence-corrected chi connectivity index (χ3v) is 6.08. The van der Waals surface area contributed by atoms with E-state index in [0.29, 0.717) is 12.3 Å². The van der Waals surface area contributed by atoms with E-state index in [1.807, 2.05) is 20.8 Å². The van der Waals surface area contributed by atoms with Gasteiger partial charge < -0.3 is 5.11 Å². The van der Waals surface area contributed by atoms with E-state index in [4.69, 9.17) is 0 Å². The molecule has 1 saturated heterocycles. The van der Waals surface area contributed by atoms with Crippen molar-refractivity contribution in [1.29, 1.82) is 0 Å². The molecular formula is C10H20O3S. The Morgan fingerprint density at radius 2 is 1.86 bits per heavy atom. The molecule has 14 heavy (non-hydrogen) atoms. The molecule has 3 unspecified atom stereocenters. The Bertz CT molecular complexity index is 307. The van der Waals surface area contributed by atoms with E-state index in [9.17, 15) is 13.5 Å². The van der Waals surface area contributed by atoms with Crippen LogP contribution in [0.2, 0.25) is 0 Å². The van der Waals surface area contributed by atoms with E-state index in [0.717, 1.165) is 0 Å². The highest BCUT2D eigenvalue weighted by Crippen LogP contribution is 2.39. The van der Waals surface area contributed by atoms with Gasteiger partial charge in [-0.3, -0.25) is 0 Å². The molecule has 0 aromatic carbocycles. The van der Waals surface area contributed by atoms with Crippen molar-refractivity contribution in [2.75, 3.05) is 5.75 Å². The molecule has 4 heteroatoms. The fourth-order valence-corrected chi connectivity index (χ4v) is 4.09. The molecule has 0 aromatic heterocycles. The van der Waals surface area contributed by atoms with Gasteiger partial charge in [0.25, 0.3) is 0 Å². The van der Waals surface area contributed by atoms with Crippen LogP contribution < -0.4 is 0 Å². The van der Waals surface area contributed by atoms with E-state index in [1.54, 1.807) is 6.92 Å². The first-order chi connectivity index (χ1) is 6.22. The first-order valence-corrected chi connectivity index (χ1v) is 6.87. The molecule has 1 heterocycles. The quantitative estimate of drug-likeness (QED) is 0.761. The molecule has 0 amide bonds. The van der Waals surface area contributed by atoms with Crippen LogP contribution in [0.5, 0.6) is 0 Å². The predicted octanol–water partition coefficient (Wildman–Crippen LogP) is 1.22. The van der Waals surface area contributed by atoms with Gasteiger partial charge in [0.05, 0.1) is 16.6 Å². The molecule has 3 nitrogen and oxygen atoms in total. The monoisotopic (exact) mass is 220 g/mol. The van der Waals surface area contributed by atoms with Crippen LogP contribution in [0.3, 0.4) is 0 Å². The van der Waals surface area contributed by atoms with Gasteiger partial charge in [-0.2, -0.15) is 0 Å². The van der Waals surface area contributed by atoms with Crippen molar-refractivity contribution in [2.24, 2.45) is 11.8 Å². The Morgan fingerprint density at radius 3 is 2.14 bits per heavy atom. The minimum absolute atomic E-state index is 0.0229. The van der Waals surface area contributed by atoms with Crippen molar-refractivity contribution in [1.82, 2.24) is 0 Å². The lowest BCUT2D eigenvalue weighted by Crippen LogP contribution is -2.46. The Labute approximate surface area is 86.4 Å². The predicted molar refractivity (Wildman–Crippen MR) is 56.8 cm³/mol. The maximum absolute atomic E-state index is 11.5. The normalized spacial score (nSPS) is 38.9. The smallest absolute Gasteiger partial charge is 0.155 e. The molecular weight excluding hydrogens is 200 g/mol. The molecule has 1 N–H and O–H groups in total. The minimum Gasteiger partial charge on any atom is -0.388 e. The van der Waals surface area contributed by atoms with Crippen molar-refractivity contribution in [3.8, 4) is 0 Å². The van der Waals surface area contributed by atoms with Gasteiger partial charge in [0.1, 0.15) is 0 Å². The Kier molecular flexibility index (Phi) is 2.99. The zero-order valence-corrected chi connectivity index (χ0v) is 10.1. The summed E-state index contributed by atoms with van der Waals surface area (Å²) in [4.78, 5) is 0. The Morgan fingerprint density at radius 1 is 1.36 bits per heavy atom. The van der Waals surface area contributed by atoms with Gasteiger partial charge in [-0.05, 0) is 25.2 Å². The first kappa shape index (κ1) is 12.0. The lowest BCUT2D eigenvalue weighted by Gasteiger charge is -2.35. The van der Waals surface area contributed by atoms with Crippen LogP contribution in [0.25, 0.3) is 0 Å². The van der Waals surface area contributed by atoms with Crippen LogP contribution in [0.4, 0.5) is 0 Å². The van der Waals surface area contributed by atoms with Gasteiger partial charge in [-0.1, -0.05) is 20.8 Å². The molecule has 1 aliphatic heterocycles. The third kappa shape index (κ3) is 1.70.